The summed E-state index contributed by atoms with van der Waals surface area (Å²) < 4.78 is 2.18. The molecule has 0 saturated carbocycles. The van der Waals surface area contributed by atoms with E-state index in [0.717, 1.165) is 29.9 Å². The predicted octanol–water partition coefficient (Wildman–Crippen LogP) is 3.07. The second kappa shape index (κ2) is 7.05. The van der Waals surface area contributed by atoms with Crippen LogP contribution in [0.2, 0.25) is 0 Å². The fraction of sp³-hybridized carbons (Fsp3) is 0.588. The largest absolute Gasteiger partial charge is 0.395 e. The number of aliphatic hydroxyl groups is 1. The molecular weight excluding hydrogens is 262 g/mol. The number of aromatic nitrogens is 2. The average molecular weight is 289 g/mol. The number of nitrogens with zero attached hydrogens (tertiary/aromatic N) is 3. The molecule has 0 fully saturated rings. The van der Waals surface area contributed by atoms with E-state index < -0.39 is 0 Å². The molecule has 1 N–H and O–H groups in total. The van der Waals surface area contributed by atoms with E-state index >= 15 is 0 Å². The van der Waals surface area contributed by atoms with Crippen molar-refractivity contribution >= 4 is 11.0 Å². The Kier molecular flexibility index (Phi) is 5.37. The molecule has 0 aliphatic rings. The van der Waals surface area contributed by atoms with Crippen LogP contribution >= 0.6 is 0 Å². The van der Waals surface area contributed by atoms with Crippen LogP contribution in [0.25, 0.3) is 11.0 Å². The first-order valence-corrected chi connectivity index (χ1v) is 7.94. The van der Waals surface area contributed by atoms with Crippen molar-refractivity contribution in [2.45, 2.75) is 40.3 Å². The highest BCUT2D eigenvalue weighted by molar-refractivity contribution is 5.76. The molecule has 0 bridgehead atoms. The zero-order chi connectivity index (χ0) is 15.4. The second-order valence-electron chi connectivity index (χ2n) is 5.74. The Morgan fingerprint density at radius 1 is 1.19 bits per heavy atom. The van der Waals surface area contributed by atoms with E-state index in [9.17, 15) is 5.11 Å². The quantitative estimate of drug-likeness (QED) is 0.851. The number of para-hydroxylation sites is 2. The van der Waals surface area contributed by atoms with Gasteiger partial charge in [0, 0.05) is 6.54 Å². The fourth-order valence-corrected chi connectivity index (χ4v) is 3.16. The predicted molar refractivity (Wildman–Crippen MR) is 87.3 cm³/mol. The second-order valence-corrected chi connectivity index (χ2v) is 5.74. The molecule has 4 heteroatoms. The van der Waals surface area contributed by atoms with Crippen LogP contribution in [0.4, 0.5) is 0 Å². The number of imidazole rings is 1. The van der Waals surface area contributed by atoms with Crippen molar-refractivity contribution in [1.82, 2.24) is 14.5 Å². The van der Waals surface area contributed by atoms with Crippen molar-refractivity contribution in [3.05, 3.63) is 30.1 Å². The lowest BCUT2D eigenvalue weighted by molar-refractivity contribution is 0.158. The van der Waals surface area contributed by atoms with Crippen molar-refractivity contribution in [1.29, 1.82) is 0 Å². The molecule has 1 aromatic carbocycles. The van der Waals surface area contributed by atoms with Crippen LogP contribution in [0.15, 0.2) is 24.3 Å². The molecule has 2 rings (SSSR count). The molecule has 1 heterocycles. The van der Waals surface area contributed by atoms with E-state index in [2.05, 4.69) is 43.2 Å². The Morgan fingerprint density at radius 3 is 2.43 bits per heavy atom. The number of hydrogen-bond donors (Lipinski definition) is 1. The molecule has 0 saturated heterocycles. The molecule has 1 aromatic heterocycles. The topological polar surface area (TPSA) is 41.3 Å². The van der Waals surface area contributed by atoms with Gasteiger partial charge in [0.15, 0.2) is 0 Å². The minimum absolute atomic E-state index is 0.135. The highest BCUT2D eigenvalue weighted by Crippen LogP contribution is 2.30. The van der Waals surface area contributed by atoms with E-state index in [-0.39, 0.29) is 12.6 Å². The van der Waals surface area contributed by atoms with Gasteiger partial charge >= 0.3 is 0 Å². The van der Waals surface area contributed by atoms with Crippen molar-refractivity contribution in [3.8, 4) is 0 Å². The smallest absolute Gasteiger partial charge is 0.127 e. The summed E-state index contributed by atoms with van der Waals surface area (Å²) in [6, 6.07) is 8.46. The van der Waals surface area contributed by atoms with E-state index in [1.807, 2.05) is 18.2 Å². The number of benzene rings is 1. The maximum atomic E-state index is 9.43. The van der Waals surface area contributed by atoms with Crippen molar-refractivity contribution in [3.63, 3.8) is 0 Å². The van der Waals surface area contributed by atoms with Crippen molar-refractivity contribution in [2.75, 3.05) is 19.7 Å². The minimum atomic E-state index is 0.135. The van der Waals surface area contributed by atoms with Gasteiger partial charge in [-0.3, -0.25) is 4.90 Å². The summed E-state index contributed by atoms with van der Waals surface area (Å²) in [5.41, 5.74) is 2.12. The van der Waals surface area contributed by atoms with E-state index in [1.54, 1.807) is 0 Å². The lowest BCUT2D eigenvalue weighted by atomic mass is 10.0. The van der Waals surface area contributed by atoms with Crippen molar-refractivity contribution < 1.29 is 5.11 Å². The molecule has 4 nitrogen and oxygen atoms in total. The molecule has 1 atom stereocenters. The Balaban J connectivity index is 2.58. The van der Waals surface area contributed by atoms with Gasteiger partial charge in [0.1, 0.15) is 5.82 Å². The molecule has 21 heavy (non-hydrogen) atoms. The Morgan fingerprint density at radius 2 is 1.86 bits per heavy atom. The van der Waals surface area contributed by atoms with Crippen LogP contribution in [-0.2, 0) is 6.54 Å². The molecule has 0 radical (unpaired) electrons. The molecule has 0 aliphatic carbocycles. The highest BCUT2D eigenvalue weighted by atomic mass is 16.3. The Labute approximate surface area is 127 Å². The van der Waals surface area contributed by atoms with Crippen molar-refractivity contribution in [2.24, 2.45) is 5.92 Å². The summed E-state index contributed by atoms with van der Waals surface area (Å²) in [7, 11) is 0. The number of aliphatic hydroxyl groups excluding tert-OH is 1. The normalized spacial score (nSPS) is 13.5. The molecule has 0 aliphatic heterocycles. The van der Waals surface area contributed by atoms with Crippen LogP contribution in [0.5, 0.6) is 0 Å². The number of hydrogen-bond acceptors (Lipinski definition) is 3. The molecule has 2 aromatic rings. The summed E-state index contributed by atoms with van der Waals surface area (Å²) in [5, 5.41) is 9.43. The summed E-state index contributed by atoms with van der Waals surface area (Å²) >= 11 is 0. The van der Waals surface area contributed by atoms with Gasteiger partial charge in [-0.1, -0.05) is 39.8 Å². The lowest BCUT2D eigenvalue weighted by Gasteiger charge is -2.32. The van der Waals surface area contributed by atoms with Gasteiger partial charge in [0.2, 0.25) is 0 Å². The third kappa shape index (κ3) is 3.11. The maximum Gasteiger partial charge on any atom is 0.127 e. The zero-order valence-electron chi connectivity index (χ0n) is 13.6. The number of rotatable bonds is 7. The van der Waals surface area contributed by atoms with Crippen LogP contribution in [0.1, 0.15) is 39.6 Å². The Bertz CT molecular complexity index is 572. The first-order valence-electron chi connectivity index (χ1n) is 7.94. The van der Waals surface area contributed by atoms with Gasteiger partial charge in [-0.05, 0) is 31.1 Å². The molecule has 1 unspecified atom stereocenters. The fourth-order valence-electron chi connectivity index (χ4n) is 3.16. The first kappa shape index (κ1) is 16.0. The van der Waals surface area contributed by atoms with E-state index in [1.165, 1.54) is 0 Å². The van der Waals surface area contributed by atoms with Gasteiger partial charge < -0.3 is 9.67 Å². The van der Waals surface area contributed by atoms with Gasteiger partial charge in [0.25, 0.3) is 0 Å². The molecule has 0 amide bonds. The standard InChI is InChI=1S/C17H27N3O/c1-5-19(6-2)16(13(3)4)17-18-14-9-7-8-10-15(14)20(17)11-12-21/h7-10,13,16,21H,5-6,11-12H2,1-4H3. The third-order valence-electron chi connectivity index (χ3n) is 4.11. The number of fused-ring (bicyclic) bond motifs is 1. The summed E-state index contributed by atoms with van der Waals surface area (Å²) in [6.07, 6.45) is 0. The molecule has 116 valence electrons. The first-order chi connectivity index (χ1) is 10.1. The van der Waals surface area contributed by atoms with Gasteiger partial charge in [-0.2, -0.15) is 0 Å². The maximum absolute atomic E-state index is 9.43. The highest BCUT2D eigenvalue weighted by Gasteiger charge is 2.27. The van der Waals surface area contributed by atoms with E-state index in [4.69, 9.17) is 4.98 Å². The average Bonchev–Trinajstić information content (AvgIpc) is 2.83. The van der Waals surface area contributed by atoms with Gasteiger partial charge in [-0.25, -0.2) is 4.98 Å². The lowest BCUT2D eigenvalue weighted by Crippen LogP contribution is -2.34. The van der Waals surface area contributed by atoms with Crippen LogP contribution < -0.4 is 0 Å². The van der Waals surface area contributed by atoms with E-state index in [0.29, 0.717) is 12.5 Å². The van der Waals surface area contributed by atoms with Crippen LogP contribution in [0.3, 0.4) is 0 Å². The van der Waals surface area contributed by atoms with Crippen LogP contribution in [0, 0.1) is 5.92 Å². The summed E-state index contributed by atoms with van der Waals surface area (Å²) in [5.74, 6) is 1.54. The summed E-state index contributed by atoms with van der Waals surface area (Å²) in [6.45, 7) is 11.6. The van der Waals surface area contributed by atoms with Gasteiger partial charge in [0.05, 0.1) is 23.7 Å². The Hall–Kier alpha value is -1.39. The monoisotopic (exact) mass is 289 g/mol. The van der Waals surface area contributed by atoms with Crippen LogP contribution in [-0.4, -0.2) is 39.3 Å². The molecule has 0 spiro atoms. The SMILES string of the molecule is CCN(CC)C(c1nc2ccccc2n1CCO)C(C)C. The zero-order valence-corrected chi connectivity index (χ0v) is 13.6. The molecular formula is C17H27N3O. The van der Waals surface area contributed by atoms with Gasteiger partial charge in [-0.15, -0.1) is 0 Å². The summed E-state index contributed by atoms with van der Waals surface area (Å²) in [4.78, 5) is 7.32. The third-order valence-corrected chi connectivity index (χ3v) is 4.11. The minimum Gasteiger partial charge on any atom is -0.395 e.